The van der Waals surface area contributed by atoms with E-state index in [1.165, 1.54) is 0 Å². The van der Waals surface area contributed by atoms with Gasteiger partial charge in [-0.05, 0) is 25.0 Å². The minimum atomic E-state index is -1.18. The van der Waals surface area contributed by atoms with Crippen LogP contribution in [0.15, 0.2) is 12.1 Å². The SMILES string of the molecule is O=C(O)CC1(NC(=O)c2cc(F)c(F)cc2Cl)CCCC1. The summed E-state index contributed by atoms with van der Waals surface area (Å²) >= 11 is 5.75. The van der Waals surface area contributed by atoms with E-state index in [0.29, 0.717) is 12.8 Å². The Labute approximate surface area is 125 Å². The van der Waals surface area contributed by atoms with E-state index >= 15 is 0 Å². The fourth-order valence-corrected chi connectivity index (χ4v) is 2.93. The number of benzene rings is 1. The maximum absolute atomic E-state index is 13.2. The molecule has 21 heavy (non-hydrogen) atoms. The van der Waals surface area contributed by atoms with Crippen molar-refractivity contribution in [2.24, 2.45) is 0 Å². The molecule has 1 aromatic rings. The summed E-state index contributed by atoms with van der Waals surface area (Å²) in [5.41, 5.74) is -1.05. The van der Waals surface area contributed by atoms with Crippen molar-refractivity contribution < 1.29 is 23.5 Å². The van der Waals surface area contributed by atoms with E-state index in [1.54, 1.807) is 0 Å². The van der Waals surface area contributed by atoms with Crippen LogP contribution in [0, 0.1) is 11.6 Å². The number of aliphatic carboxylic acids is 1. The summed E-state index contributed by atoms with van der Waals surface area (Å²) in [6.07, 6.45) is 2.47. The lowest BCUT2D eigenvalue weighted by Gasteiger charge is -2.28. The molecular weight excluding hydrogens is 304 g/mol. The first-order valence-electron chi connectivity index (χ1n) is 6.52. The third kappa shape index (κ3) is 3.50. The normalized spacial score (nSPS) is 16.7. The van der Waals surface area contributed by atoms with Crippen molar-refractivity contribution in [3.8, 4) is 0 Å². The van der Waals surface area contributed by atoms with Crippen molar-refractivity contribution in [2.45, 2.75) is 37.6 Å². The summed E-state index contributed by atoms with van der Waals surface area (Å²) < 4.78 is 26.2. The van der Waals surface area contributed by atoms with Crippen molar-refractivity contribution in [1.82, 2.24) is 5.32 Å². The van der Waals surface area contributed by atoms with E-state index in [1.807, 2.05) is 0 Å². The zero-order valence-corrected chi connectivity index (χ0v) is 11.8. The summed E-state index contributed by atoms with van der Waals surface area (Å²) in [4.78, 5) is 23.2. The highest BCUT2D eigenvalue weighted by atomic mass is 35.5. The Morgan fingerprint density at radius 1 is 1.24 bits per heavy atom. The molecule has 7 heteroatoms. The quantitative estimate of drug-likeness (QED) is 0.838. The summed E-state index contributed by atoms with van der Waals surface area (Å²) in [6.45, 7) is 0. The van der Waals surface area contributed by atoms with Gasteiger partial charge in [-0.3, -0.25) is 9.59 Å². The molecule has 1 aromatic carbocycles. The highest BCUT2D eigenvalue weighted by Gasteiger charge is 2.38. The second-order valence-corrected chi connectivity index (χ2v) is 5.67. The van der Waals surface area contributed by atoms with E-state index in [2.05, 4.69) is 5.32 Å². The summed E-state index contributed by atoms with van der Waals surface area (Å²) in [5, 5.41) is 11.4. The Morgan fingerprint density at radius 2 is 1.81 bits per heavy atom. The Hall–Kier alpha value is -1.69. The third-order valence-electron chi connectivity index (χ3n) is 3.68. The van der Waals surface area contributed by atoms with Crippen LogP contribution >= 0.6 is 11.6 Å². The van der Waals surface area contributed by atoms with Gasteiger partial charge >= 0.3 is 5.97 Å². The van der Waals surface area contributed by atoms with Crippen LogP contribution in [-0.4, -0.2) is 22.5 Å². The minimum absolute atomic E-state index is 0.202. The van der Waals surface area contributed by atoms with Crippen molar-refractivity contribution in [3.63, 3.8) is 0 Å². The molecule has 2 rings (SSSR count). The maximum atomic E-state index is 13.2. The Kier molecular flexibility index (Phi) is 4.46. The Morgan fingerprint density at radius 3 is 2.38 bits per heavy atom. The fourth-order valence-electron chi connectivity index (χ4n) is 2.69. The lowest BCUT2D eigenvalue weighted by molar-refractivity contribution is -0.138. The zero-order chi connectivity index (χ0) is 15.6. The average Bonchev–Trinajstić information content (AvgIpc) is 2.80. The van der Waals surface area contributed by atoms with Gasteiger partial charge in [-0.15, -0.1) is 0 Å². The highest BCUT2D eigenvalue weighted by Crippen LogP contribution is 2.33. The molecule has 0 aliphatic heterocycles. The van der Waals surface area contributed by atoms with E-state index in [0.717, 1.165) is 25.0 Å². The van der Waals surface area contributed by atoms with Crippen LogP contribution in [0.1, 0.15) is 42.5 Å². The number of carboxylic acid groups (broad SMARTS) is 1. The van der Waals surface area contributed by atoms with Crippen molar-refractivity contribution in [3.05, 3.63) is 34.4 Å². The first-order valence-corrected chi connectivity index (χ1v) is 6.90. The molecule has 4 nitrogen and oxygen atoms in total. The molecular formula is C14H14ClF2NO3. The van der Waals surface area contributed by atoms with Crippen LogP contribution in [-0.2, 0) is 4.79 Å². The first-order chi connectivity index (χ1) is 9.83. The molecule has 1 amide bonds. The standard InChI is InChI=1S/C14H14ClF2NO3/c15-9-6-11(17)10(16)5-8(9)13(21)18-14(7-12(19)20)3-1-2-4-14/h5-6H,1-4,7H2,(H,18,21)(H,19,20). The maximum Gasteiger partial charge on any atom is 0.305 e. The first kappa shape index (κ1) is 15.7. The topological polar surface area (TPSA) is 66.4 Å². The molecule has 0 heterocycles. The number of hydrogen-bond donors (Lipinski definition) is 2. The number of carbonyl (C=O) groups is 2. The lowest BCUT2D eigenvalue weighted by Crippen LogP contribution is -2.47. The Balaban J connectivity index is 2.24. The molecule has 0 unspecified atom stereocenters. The number of halogens is 3. The summed E-state index contributed by atoms with van der Waals surface area (Å²) in [6, 6.07) is 1.45. The van der Waals surface area contributed by atoms with Gasteiger partial charge in [-0.2, -0.15) is 0 Å². The number of nitrogens with one attached hydrogen (secondary N) is 1. The fraction of sp³-hybridized carbons (Fsp3) is 0.429. The van der Waals surface area contributed by atoms with Crippen molar-refractivity contribution in [2.75, 3.05) is 0 Å². The molecule has 1 saturated carbocycles. The van der Waals surface area contributed by atoms with Gasteiger partial charge in [-0.1, -0.05) is 24.4 Å². The molecule has 1 aliphatic rings. The van der Waals surface area contributed by atoms with Crippen LogP contribution in [0.5, 0.6) is 0 Å². The Bertz CT molecular complexity index is 586. The largest absolute Gasteiger partial charge is 0.481 e. The predicted octanol–water partition coefficient (Wildman–Crippen LogP) is 3.14. The van der Waals surface area contributed by atoms with Gasteiger partial charge in [0.2, 0.25) is 0 Å². The van der Waals surface area contributed by atoms with Crippen molar-refractivity contribution >= 4 is 23.5 Å². The summed E-state index contributed by atoms with van der Waals surface area (Å²) in [5.74, 6) is -4.03. The summed E-state index contributed by atoms with van der Waals surface area (Å²) in [7, 11) is 0. The van der Waals surface area contributed by atoms with Gasteiger partial charge in [0.05, 0.1) is 22.5 Å². The van der Waals surface area contributed by atoms with E-state index in [4.69, 9.17) is 16.7 Å². The second-order valence-electron chi connectivity index (χ2n) is 5.26. The molecule has 0 aromatic heterocycles. The molecule has 0 saturated heterocycles. The average molecular weight is 318 g/mol. The monoisotopic (exact) mass is 317 g/mol. The van der Waals surface area contributed by atoms with Crippen LogP contribution < -0.4 is 5.32 Å². The lowest BCUT2D eigenvalue weighted by atomic mass is 9.92. The molecule has 1 fully saturated rings. The van der Waals surface area contributed by atoms with Gasteiger partial charge in [0.1, 0.15) is 0 Å². The molecule has 1 aliphatic carbocycles. The number of carbonyl (C=O) groups excluding carboxylic acids is 1. The molecule has 0 spiro atoms. The highest BCUT2D eigenvalue weighted by molar-refractivity contribution is 6.33. The molecule has 0 radical (unpaired) electrons. The van der Waals surface area contributed by atoms with E-state index < -0.39 is 29.0 Å². The van der Waals surface area contributed by atoms with Gasteiger partial charge in [0.25, 0.3) is 5.91 Å². The second kappa shape index (κ2) is 5.97. The molecule has 2 N–H and O–H groups in total. The van der Waals surface area contributed by atoms with Crippen molar-refractivity contribution in [1.29, 1.82) is 0 Å². The third-order valence-corrected chi connectivity index (χ3v) is 4.00. The molecule has 0 atom stereocenters. The van der Waals surface area contributed by atoms with Gasteiger partial charge < -0.3 is 10.4 Å². The van der Waals surface area contributed by atoms with Crippen LogP contribution in [0.3, 0.4) is 0 Å². The minimum Gasteiger partial charge on any atom is -0.481 e. The molecule has 114 valence electrons. The number of hydrogen-bond acceptors (Lipinski definition) is 2. The van der Waals surface area contributed by atoms with Crippen LogP contribution in [0.2, 0.25) is 5.02 Å². The van der Waals surface area contributed by atoms with Crippen LogP contribution in [0.4, 0.5) is 8.78 Å². The number of carboxylic acids is 1. The van der Waals surface area contributed by atoms with E-state index in [9.17, 15) is 18.4 Å². The van der Waals surface area contributed by atoms with Gasteiger partial charge in [0.15, 0.2) is 11.6 Å². The predicted molar refractivity (Wildman–Crippen MR) is 72.3 cm³/mol. The smallest absolute Gasteiger partial charge is 0.305 e. The number of rotatable bonds is 4. The van der Waals surface area contributed by atoms with E-state index in [-0.39, 0.29) is 17.0 Å². The molecule has 0 bridgehead atoms. The zero-order valence-electron chi connectivity index (χ0n) is 11.1. The van der Waals surface area contributed by atoms with Gasteiger partial charge in [-0.25, -0.2) is 8.78 Å². The number of amides is 1. The van der Waals surface area contributed by atoms with Crippen LogP contribution in [0.25, 0.3) is 0 Å². The van der Waals surface area contributed by atoms with Gasteiger partial charge in [0, 0.05) is 0 Å².